The molecule has 2 saturated heterocycles. The van der Waals surface area contributed by atoms with Crippen molar-refractivity contribution in [2.24, 2.45) is 0 Å². The summed E-state index contributed by atoms with van der Waals surface area (Å²) in [4.78, 5) is 26.8. The van der Waals surface area contributed by atoms with Gasteiger partial charge in [0.25, 0.3) is 5.91 Å². The molecule has 8 nitrogen and oxygen atoms in total. The van der Waals surface area contributed by atoms with Gasteiger partial charge in [-0.05, 0) is 68.6 Å². The Balaban J connectivity index is 1.39. The van der Waals surface area contributed by atoms with Gasteiger partial charge >= 0.3 is 0 Å². The zero-order valence-electron chi connectivity index (χ0n) is 24.0. The van der Waals surface area contributed by atoms with E-state index in [1.807, 2.05) is 49.3 Å². The van der Waals surface area contributed by atoms with E-state index in [-0.39, 0.29) is 17.4 Å². The first-order valence-corrected chi connectivity index (χ1v) is 14.5. The van der Waals surface area contributed by atoms with Crippen LogP contribution in [0.15, 0.2) is 54.5 Å². The highest BCUT2D eigenvalue weighted by Crippen LogP contribution is 2.32. The molecule has 4 heterocycles. The number of nitrogens with one attached hydrogen (secondary N) is 1. The molecule has 3 N–H and O–H groups in total. The first-order valence-electron chi connectivity index (χ1n) is 14.5. The second kappa shape index (κ2) is 13.2. The van der Waals surface area contributed by atoms with E-state index in [2.05, 4.69) is 26.3 Å². The molecule has 41 heavy (non-hydrogen) atoms. The lowest BCUT2D eigenvalue weighted by Gasteiger charge is -2.28. The number of hydrogen-bond donors (Lipinski definition) is 2. The second-order valence-electron chi connectivity index (χ2n) is 10.8. The van der Waals surface area contributed by atoms with Gasteiger partial charge in [0.05, 0.1) is 25.1 Å². The lowest BCUT2D eigenvalue weighted by atomic mass is 9.93. The number of piperidine rings is 1. The minimum Gasteiger partial charge on any atom is -0.398 e. The predicted octanol–water partition coefficient (Wildman–Crippen LogP) is 5.51. The van der Waals surface area contributed by atoms with Crippen LogP contribution in [0.1, 0.15) is 50.7 Å². The Morgan fingerprint density at radius 3 is 2.54 bits per heavy atom. The zero-order chi connectivity index (χ0) is 28.8. The number of benzene rings is 1. The Labute approximate surface area is 241 Å². The number of nitrogens with two attached hydrogens (primary N) is 1. The molecule has 0 radical (unpaired) electrons. The predicted molar refractivity (Wildman–Crippen MR) is 162 cm³/mol. The molecule has 1 amide bonds. The van der Waals surface area contributed by atoms with Crippen LogP contribution < -0.4 is 16.0 Å². The topological polar surface area (TPSA) is 96.6 Å². The maximum absolute atomic E-state index is 15.0. The summed E-state index contributed by atoms with van der Waals surface area (Å²) in [6, 6.07) is 9.22. The molecule has 2 aliphatic rings. The summed E-state index contributed by atoms with van der Waals surface area (Å²) in [6.45, 7) is 9.23. The van der Waals surface area contributed by atoms with Crippen LogP contribution in [-0.4, -0.2) is 60.2 Å². The largest absolute Gasteiger partial charge is 0.398 e. The van der Waals surface area contributed by atoms with Gasteiger partial charge in [0.2, 0.25) is 0 Å². The quantitative estimate of drug-likeness (QED) is 0.278. The van der Waals surface area contributed by atoms with Crippen LogP contribution in [0.5, 0.6) is 0 Å². The number of anilines is 3. The standard InChI is InChI=1S/C32H39FN6O2/c1-3-22(2)30(32(40)37-26-17-28(33)31(36-20-26)39-11-13-41-14-12-39)27-16-24(7-8-29(27)34)25-15-23(18-35-19-25)21-38-9-5-4-6-10-38/h7-8,15-20H,3-6,9-14,21,34H2,1-2H3,(H,37,40). The zero-order valence-corrected chi connectivity index (χ0v) is 24.0. The van der Waals surface area contributed by atoms with Crippen LogP contribution in [0.4, 0.5) is 21.6 Å². The summed E-state index contributed by atoms with van der Waals surface area (Å²) < 4.78 is 20.3. The lowest BCUT2D eigenvalue weighted by Crippen LogP contribution is -2.37. The second-order valence-corrected chi connectivity index (χ2v) is 10.8. The highest BCUT2D eigenvalue weighted by atomic mass is 19.1. The number of aromatic nitrogens is 2. The van der Waals surface area contributed by atoms with Gasteiger partial charge in [-0.15, -0.1) is 0 Å². The minimum absolute atomic E-state index is 0.264. The molecule has 0 atom stereocenters. The molecule has 0 saturated carbocycles. The van der Waals surface area contributed by atoms with Crippen molar-refractivity contribution in [3.63, 3.8) is 0 Å². The van der Waals surface area contributed by atoms with Gasteiger partial charge in [0.15, 0.2) is 11.6 Å². The summed E-state index contributed by atoms with van der Waals surface area (Å²) >= 11 is 0. The first kappa shape index (κ1) is 28.7. The molecule has 0 aliphatic carbocycles. The number of morpholine rings is 1. The first-order chi connectivity index (χ1) is 19.9. The number of hydrogen-bond acceptors (Lipinski definition) is 7. The molecule has 0 bridgehead atoms. The summed E-state index contributed by atoms with van der Waals surface area (Å²) in [5.41, 5.74) is 12.3. The average molecular weight is 559 g/mol. The van der Waals surface area contributed by atoms with Crippen molar-refractivity contribution < 1.29 is 13.9 Å². The summed E-state index contributed by atoms with van der Waals surface area (Å²) in [7, 11) is 0. The van der Waals surface area contributed by atoms with Gasteiger partial charge < -0.3 is 20.7 Å². The fourth-order valence-electron chi connectivity index (χ4n) is 5.48. The number of carbonyl (C=O) groups is 1. The fraction of sp³-hybridized carbons (Fsp3) is 0.406. The van der Waals surface area contributed by atoms with Gasteiger partial charge in [-0.1, -0.05) is 25.0 Å². The van der Waals surface area contributed by atoms with Crippen molar-refractivity contribution in [3.8, 4) is 11.1 Å². The number of rotatable bonds is 8. The Morgan fingerprint density at radius 1 is 1.02 bits per heavy atom. The van der Waals surface area contributed by atoms with E-state index in [0.29, 0.717) is 49.5 Å². The molecule has 5 rings (SSSR count). The Hall–Kier alpha value is -3.82. The molecule has 2 aromatic heterocycles. The number of nitrogens with zero attached hydrogens (tertiary/aromatic N) is 4. The van der Waals surface area contributed by atoms with Crippen LogP contribution in [0.25, 0.3) is 16.7 Å². The molecule has 9 heteroatoms. The van der Waals surface area contributed by atoms with E-state index in [0.717, 1.165) is 41.9 Å². The van der Waals surface area contributed by atoms with E-state index in [1.54, 1.807) is 0 Å². The maximum atomic E-state index is 15.0. The number of nitrogen functional groups attached to an aromatic ring is 1. The summed E-state index contributed by atoms with van der Waals surface area (Å²) in [5.74, 6) is -0.578. The van der Waals surface area contributed by atoms with Gasteiger partial charge in [-0.25, -0.2) is 9.37 Å². The molecule has 1 aromatic carbocycles. The number of carbonyl (C=O) groups excluding carboxylic acids is 1. The Kier molecular flexibility index (Phi) is 9.26. The SMILES string of the molecule is CCC(C)=C(C(=O)Nc1cnc(N2CCOCC2)c(F)c1)c1cc(-c2cncc(CN3CCCCC3)c2)ccc1N. The number of allylic oxidation sites excluding steroid dienone is 1. The molecule has 216 valence electrons. The third-order valence-corrected chi connectivity index (χ3v) is 7.88. The van der Waals surface area contributed by atoms with Crippen molar-refractivity contribution in [1.29, 1.82) is 0 Å². The van der Waals surface area contributed by atoms with Crippen LogP contribution in [0.3, 0.4) is 0 Å². The number of amides is 1. The van der Waals surface area contributed by atoms with Gasteiger partial charge in [-0.2, -0.15) is 0 Å². The van der Waals surface area contributed by atoms with E-state index >= 15 is 0 Å². The number of pyridine rings is 2. The molecular formula is C32H39FN6O2. The summed E-state index contributed by atoms with van der Waals surface area (Å²) in [6.07, 6.45) is 9.69. The molecule has 2 aliphatic heterocycles. The van der Waals surface area contributed by atoms with Crippen LogP contribution >= 0.6 is 0 Å². The van der Waals surface area contributed by atoms with Crippen LogP contribution in [-0.2, 0) is 16.1 Å². The van der Waals surface area contributed by atoms with E-state index < -0.39 is 5.82 Å². The normalized spacial score (nSPS) is 16.8. The fourth-order valence-corrected chi connectivity index (χ4v) is 5.48. The van der Waals surface area contributed by atoms with E-state index in [1.165, 1.54) is 31.5 Å². The number of likely N-dealkylation sites (tertiary alicyclic amines) is 1. The van der Waals surface area contributed by atoms with E-state index in [9.17, 15) is 9.18 Å². The molecular weight excluding hydrogens is 519 g/mol. The van der Waals surface area contributed by atoms with Gasteiger partial charge in [0.1, 0.15) is 0 Å². The van der Waals surface area contributed by atoms with Crippen molar-refractivity contribution in [2.75, 3.05) is 55.3 Å². The molecule has 0 unspecified atom stereocenters. The van der Waals surface area contributed by atoms with Crippen molar-refractivity contribution in [1.82, 2.24) is 14.9 Å². The lowest BCUT2D eigenvalue weighted by molar-refractivity contribution is -0.111. The smallest absolute Gasteiger partial charge is 0.256 e. The number of halogens is 1. The number of ether oxygens (including phenoxy) is 1. The van der Waals surface area contributed by atoms with Crippen molar-refractivity contribution in [2.45, 2.75) is 46.1 Å². The van der Waals surface area contributed by atoms with Crippen LogP contribution in [0, 0.1) is 5.82 Å². The van der Waals surface area contributed by atoms with Crippen LogP contribution in [0.2, 0.25) is 0 Å². The third-order valence-electron chi connectivity index (χ3n) is 7.88. The van der Waals surface area contributed by atoms with Crippen molar-refractivity contribution >= 4 is 28.7 Å². The third kappa shape index (κ3) is 6.92. The molecule has 2 fully saturated rings. The molecule has 3 aromatic rings. The van der Waals surface area contributed by atoms with E-state index in [4.69, 9.17) is 10.5 Å². The molecule has 0 spiro atoms. The summed E-state index contributed by atoms with van der Waals surface area (Å²) in [5, 5.41) is 2.85. The van der Waals surface area contributed by atoms with Crippen molar-refractivity contribution in [3.05, 3.63) is 71.4 Å². The monoisotopic (exact) mass is 558 g/mol. The van der Waals surface area contributed by atoms with Gasteiger partial charge in [0, 0.05) is 60.5 Å². The van der Waals surface area contributed by atoms with Gasteiger partial charge in [-0.3, -0.25) is 14.7 Å². The minimum atomic E-state index is -0.485. The highest BCUT2D eigenvalue weighted by Gasteiger charge is 2.21. The Bertz CT molecular complexity index is 1410. The maximum Gasteiger partial charge on any atom is 0.256 e. The Morgan fingerprint density at radius 2 is 1.80 bits per heavy atom. The highest BCUT2D eigenvalue weighted by molar-refractivity contribution is 6.27. The average Bonchev–Trinajstić information content (AvgIpc) is 2.99.